The average Bonchev–Trinajstić information content (AvgIpc) is 3.04. The predicted octanol–water partition coefficient (Wildman–Crippen LogP) is 4.17. The molecule has 1 amide bonds. The van der Waals surface area contributed by atoms with Crippen LogP contribution in [0.25, 0.3) is 0 Å². The lowest BCUT2D eigenvalue weighted by Gasteiger charge is -2.18. The molecule has 8 heteroatoms. The molecule has 1 atom stereocenters. The zero-order chi connectivity index (χ0) is 21.8. The van der Waals surface area contributed by atoms with Crippen molar-refractivity contribution in [3.63, 3.8) is 0 Å². The summed E-state index contributed by atoms with van der Waals surface area (Å²) < 4.78 is 10.6. The summed E-state index contributed by atoms with van der Waals surface area (Å²) in [5.74, 6) is 0.473. The first kappa shape index (κ1) is 22.2. The SMILES string of the molecule is COC(=O)c1c(NC(=S)NC(=O)COc2cc(C)ccc2C)sc2c1CCC(C)C2. The summed E-state index contributed by atoms with van der Waals surface area (Å²) >= 11 is 6.79. The highest BCUT2D eigenvalue weighted by Crippen LogP contribution is 2.40. The van der Waals surface area contributed by atoms with E-state index in [1.54, 1.807) is 0 Å². The van der Waals surface area contributed by atoms with Crippen molar-refractivity contribution < 1.29 is 19.1 Å². The molecule has 0 saturated heterocycles. The number of carbonyl (C=O) groups is 2. The fraction of sp³-hybridized carbons (Fsp3) is 0.409. The second kappa shape index (κ2) is 9.57. The first-order valence-electron chi connectivity index (χ1n) is 9.82. The maximum Gasteiger partial charge on any atom is 0.341 e. The molecular weight excluding hydrogens is 420 g/mol. The van der Waals surface area contributed by atoms with Crippen LogP contribution in [0.4, 0.5) is 5.00 Å². The molecule has 6 nitrogen and oxygen atoms in total. The summed E-state index contributed by atoms with van der Waals surface area (Å²) in [6, 6.07) is 5.82. The molecule has 0 spiro atoms. The maximum atomic E-state index is 12.4. The number of thiocarbonyl (C=S) groups is 1. The maximum absolute atomic E-state index is 12.4. The van der Waals surface area contributed by atoms with Crippen LogP contribution in [0.1, 0.15) is 45.3 Å². The molecule has 0 saturated carbocycles. The number of hydrogen-bond acceptors (Lipinski definition) is 6. The Bertz CT molecular complexity index is 984. The second-order valence-electron chi connectivity index (χ2n) is 7.61. The van der Waals surface area contributed by atoms with Gasteiger partial charge in [-0.25, -0.2) is 4.79 Å². The van der Waals surface area contributed by atoms with Gasteiger partial charge in [-0.05, 0) is 74.0 Å². The largest absolute Gasteiger partial charge is 0.483 e. The molecule has 2 N–H and O–H groups in total. The number of methoxy groups -OCH3 is 1. The minimum Gasteiger partial charge on any atom is -0.483 e. The van der Waals surface area contributed by atoms with E-state index < -0.39 is 5.97 Å². The number of ether oxygens (including phenoxy) is 2. The van der Waals surface area contributed by atoms with Crippen LogP contribution in [-0.4, -0.2) is 30.7 Å². The monoisotopic (exact) mass is 446 g/mol. The summed E-state index contributed by atoms with van der Waals surface area (Å²) in [6.07, 6.45) is 2.79. The molecule has 1 aromatic heterocycles. The van der Waals surface area contributed by atoms with E-state index in [2.05, 4.69) is 17.6 Å². The number of aryl methyl sites for hydroxylation is 2. The molecule has 1 heterocycles. The normalized spacial score (nSPS) is 15.1. The van der Waals surface area contributed by atoms with E-state index in [0.717, 1.165) is 36.0 Å². The number of benzene rings is 1. The third-order valence-corrected chi connectivity index (χ3v) is 6.46. The zero-order valence-corrected chi connectivity index (χ0v) is 19.2. The van der Waals surface area contributed by atoms with E-state index in [1.165, 1.54) is 23.3 Å². The topological polar surface area (TPSA) is 76.7 Å². The number of amides is 1. The first-order chi connectivity index (χ1) is 14.3. The van der Waals surface area contributed by atoms with Gasteiger partial charge in [0.05, 0.1) is 12.7 Å². The van der Waals surface area contributed by atoms with Gasteiger partial charge in [-0.15, -0.1) is 11.3 Å². The summed E-state index contributed by atoms with van der Waals surface area (Å²) in [4.78, 5) is 25.8. The number of esters is 1. The molecule has 1 aliphatic carbocycles. The van der Waals surface area contributed by atoms with Crippen molar-refractivity contribution in [2.24, 2.45) is 5.92 Å². The highest BCUT2D eigenvalue weighted by atomic mass is 32.1. The Kier molecular flexibility index (Phi) is 7.10. The zero-order valence-electron chi connectivity index (χ0n) is 17.6. The predicted molar refractivity (Wildman–Crippen MR) is 123 cm³/mol. The molecule has 3 rings (SSSR count). The van der Waals surface area contributed by atoms with Gasteiger partial charge >= 0.3 is 5.97 Å². The van der Waals surface area contributed by atoms with E-state index in [4.69, 9.17) is 21.7 Å². The summed E-state index contributed by atoms with van der Waals surface area (Å²) in [6.45, 7) is 5.93. The highest BCUT2D eigenvalue weighted by molar-refractivity contribution is 7.80. The van der Waals surface area contributed by atoms with Gasteiger partial charge in [0, 0.05) is 4.88 Å². The van der Waals surface area contributed by atoms with Crippen molar-refractivity contribution in [1.29, 1.82) is 0 Å². The molecular formula is C22H26N2O4S2. The van der Waals surface area contributed by atoms with Crippen molar-refractivity contribution >= 4 is 45.5 Å². The fourth-order valence-corrected chi connectivity index (χ4v) is 5.14. The lowest BCUT2D eigenvalue weighted by atomic mass is 9.88. The molecule has 0 aliphatic heterocycles. The fourth-order valence-electron chi connectivity index (χ4n) is 3.46. The van der Waals surface area contributed by atoms with E-state index in [9.17, 15) is 9.59 Å². The minimum atomic E-state index is -0.392. The quantitative estimate of drug-likeness (QED) is 0.530. The number of anilines is 1. The van der Waals surface area contributed by atoms with Gasteiger partial charge < -0.3 is 14.8 Å². The molecule has 1 aliphatic rings. The number of nitrogens with one attached hydrogen (secondary N) is 2. The smallest absolute Gasteiger partial charge is 0.341 e. The standard InChI is InChI=1S/C22H26N2O4S2/c1-12-5-7-14(3)16(9-12)28-11-18(25)23-22(29)24-20-19(21(26)27-4)15-8-6-13(2)10-17(15)30-20/h5,7,9,13H,6,8,10-11H2,1-4H3,(H2,23,24,25,29). The van der Waals surface area contributed by atoms with Crippen LogP contribution in [0.3, 0.4) is 0 Å². The minimum absolute atomic E-state index is 0.126. The molecule has 1 aromatic carbocycles. The van der Waals surface area contributed by atoms with Crippen LogP contribution in [0.5, 0.6) is 5.75 Å². The van der Waals surface area contributed by atoms with Crippen molar-refractivity contribution in [3.8, 4) is 5.75 Å². The Morgan fingerprint density at radius 3 is 2.80 bits per heavy atom. The highest BCUT2D eigenvalue weighted by Gasteiger charge is 2.28. The third kappa shape index (κ3) is 5.17. The van der Waals surface area contributed by atoms with Gasteiger partial charge in [-0.2, -0.15) is 0 Å². The molecule has 30 heavy (non-hydrogen) atoms. The van der Waals surface area contributed by atoms with Gasteiger partial charge in [-0.3, -0.25) is 10.1 Å². The third-order valence-electron chi connectivity index (χ3n) is 5.08. The average molecular weight is 447 g/mol. The van der Waals surface area contributed by atoms with Crippen LogP contribution in [0.2, 0.25) is 0 Å². The number of thiophene rings is 1. The Morgan fingerprint density at radius 1 is 1.30 bits per heavy atom. The van der Waals surface area contributed by atoms with Gasteiger partial charge in [0.1, 0.15) is 10.8 Å². The Balaban J connectivity index is 1.65. The van der Waals surface area contributed by atoms with Crippen LogP contribution in [-0.2, 0) is 22.4 Å². The van der Waals surface area contributed by atoms with Crippen LogP contribution < -0.4 is 15.4 Å². The summed E-state index contributed by atoms with van der Waals surface area (Å²) in [5.41, 5.74) is 3.56. The van der Waals surface area contributed by atoms with Crippen LogP contribution >= 0.6 is 23.6 Å². The van der Waals surface area contributed by atoms with E-state index >= 15 is 0 Å². The van der Waals surface area contributed by atoms with Crippen molar-refractivity contribution in [3.05, 3.63) is 45.3 Å². The van der Waals surface area contributed by atoms with Crippen molar-refractivity contribution in [2.75, 3.05) is 19.0 Å². The number of rotatable bonds is 5. The molecule has 0 radical (unpaired) electrons. The Morgan fingerprint density at radius 2 is 2.07 bits per heavy atom. The van der Waals surface area contributed by atoms with Crippen molar-refractivity contribution in [2.45, 2.75) is 40.0 Å². The lowest BCUT2D eigenvalue weighted by Crippen LogP contribution is -2.37. The first-order valence-corrected chi connectivity index (χ1v) is 11.0. The molecule has 2 aromatic rings. The van der Waals surface area contributed by atoms with Gasteiger partial charge in [0.25, 0.3) is 5.91 Å². The molecule has 0 fully saturated rings. The Labute approximate surface area is 186 Å². The second-order valence-corrected chi connectivity index (χ2v) is 9.12. The molecule has 0 bridgehead atoms. The lowest BCUT2D eigenvalue weighted by molar-refractivity contribution is -0.121. The number of carbonyl (C=O) groups excluding carboxylic acids is 2. The summed E-state index contributed by atoms with van der Waals surface area (Å²) in [7, 11) is 1.37. The van der Waals surface area contributed by atoms with Gasteiger partial charge in [-0.1, -0.05) is 19.1 Å². The van der Waals surface area contributed by atoms with Crippen LogP contribution in [0.15, 0.2) is 18.2 Å². The molecule has 1 unspecified atom stereocenters. The summed E-state index contributed by atoms with van der Waals surface area (Å²) in [5, 5.41) is 6.36. The van der Waals surface area contributed by atoms with Crippen LogP contribution in [0, 0.1) is 19.8 Å². The number of hydrogen-bond donors (Lipinski definition) is 2. The van der Waals surface area contributed by atoms with Gasteiger partial charge in [0.2, 0.25) is 0 Å². The molecule has 160 valence electrons. The van der Waals surface area contributed by atoms with E-state index in [0.29, 0.717) is 22.2 Å². The van der Waals surface area contributed by atoms with Gasteiger partial charge in [0.15, 0.2) is 11.7 Å². The number of fused-ring (bicyclic) bond motifs is 1. The van der Waals surface area contributed by atoms with E-state index in [-0.39, 0.29) is 17.6 Å². The Hall–Kier alpha value is -2.45. The van der Waals surface area contributed by atoms with E-state index in [1.807, 2.05) is 32.0 Å². The van der Waals surface area contributed by atoms with Crippen molar-refractivity contribution in [1.82, 2.24) is 5.32 Å².